The summed E-state index contributed by atoms with van der Waals surface area (Å²) in [6.07, 6.45) is 1.12. The van der Waals surface area contributed by atoms with Crippen LogP contribution in [0, 0.1) is 0 Å². The summed E-state index contributed by atoms with van der Waals surface area (Å²) in [4.78, 5) is 24.9. The number of anilines is 1. The van der Waals surface area contributed by atoms with Gasteiger partial charge < -0.3 is 15.0 Å². The Kier molecular flexibility index (Phi) is 7.02. The molecule has 0 aliphatic heterocycles. The number of carbonyl (C=O) groups is 2. The molecule has 116 valence electrons. The summed E-state index contributed by atoms with van der Waals surface area (Å²) in [5.41, 5.74) is 0.607. The van der Waals surface area contributed by atoms with Crippen molar-refractivity contribution in [2.75, 3.05) is 25.5 Å². The summed E-state index contributed by atoms with van der Waals surface area (Å²) < 4.78 is 5.05. The fourth-order valence-electron chi connectivity index (χ4n) is 1.90. The van der Waals surface area contributed by atoms with Crippen LogP contribution in [0.15, 0.2) is 18.2 Å². The fourth-order valence-corrected chi connectivity index (χ4v) is 2.16. The van der Waals surface area contributed by atoms with Crippen molar-refractivity contribution in [2.24, 2.45) is 0 Å². The van der Waals surface area contributed by atoms with E-state index in [2.05, 4.69) is 5.32 Å². The van der Waals surface area contributed by atoms with Gasteiger partial charge in [-0.25, -0.2) is 0 Å². The zero-order valence-corrected chi connectivity index (χ0v) is 13.4. The van der Waals surface area contributed by atoms with Gasteiger partial charge in [-0.2, -0.15) is 0 Å². The molecule has 0 fully saturated rings. The molecule has 1 aromatic carbocycles. The molecule has 0 saturated carbocycles. The van der Waals surface area contributed by atoms with E-state index in [0.29, 0.717) is 29.5 Å². The van der Waals surface area contributed by atoms with E-state index in [9.17, 15) is 9.59 Å². The van der Waals surface area contributed by atoms with E-state index in [-0.39, 0.29) is 18.2 Å². The minimum absolute atomic E-state index is 0.0165. The highest BCUT2D eigenvalue weighted by atomic mass is 35.5. The molecule has 0 unspecified atom stereocenters. The predicted molar refractivity (Wildman–Crippen MR) is 83.8 cm³/mol. The number of nitrogens with zero attached hydrogens (tertiary/aromatic N) is 1. The summed E-state index contributed by atoms with van der Waals surface area (Å²) in [5.74, 6) is 0.385. The molecule has 2 amide bonds. The Morgan fingerprint density at radius 1 is 1.33 bits per heavy atom. The molecule has 0 aromatic heterocycles. The Morgan fingerprint density at radius 2 is 2.05 bits per heavy atom. The predicted octanol–water partition coefficient (Wildman–Crippen LogP) is 2.94. The van der Waals surface area contributed by atoms with Crippen LogP contribution < -0.4 is 10.1 Å². The van der Waals surface area contributed by atoms with Crippen LogP contribution >= 0.6 is 11.6 Å². The Balaban J connectivity index is 2.53. The van der Waals surface area contributed by atoms with Crippen LogP contribution in [0.4, 0.5) is 5.69 Å². The van der Waals surface area contributed by atoms with Crippen LogP contribution in [0.5, 0.6) is 5.75 Å². The van der Waals surface area contributed by atoms with Crippen molar-refractivity contribution in [3.8, 4) is 5.75 Å². The number of benzene rings is 1. The molecular weight excluding hydrogens is 292 g/mol. The molecule has 6 heteroatoms. The molecular formula is C15H21ClN2O3. The quantitative estimate of drug-likeness (QED) is 0.842. The third-order valence-corrected chi connectivity index (χ3v) is 3.28. The first kappa shape index (κ1) is 17.3. The van der Waals surface area contributed by atoms with Gasteiger partial charge in [0.05, 0.1) is 12.1 Å². The molecule has 0 aliphatic rings. The number of carbonyl (C=O) groups excluding carboxylic acids is 2. The number of rotatable bonds is 7. The third-order valence-electron chi connectivity index (χ3n) is 2.98. The molecule has 0 spiro atoms. The van der Waals surface area contributed by atoms with Crippen LogP contribution in [-0.4, -0.2) is 36.9 Å². The third kappa shape index (κ3) is 5.63. The van der Waals surface area contributed by atoms with Gasteiger partial charge in [0.15, 0.2) is 0 Å². The van der Waals surface area contributed by atoms with E-state index in [1.54, 1.807) is 23.1 Å². The molecule has 1 rings (SSSR count). The number of hydrogen-bond donors (Lipinski definition) is 1. The smallest absolute Gasteiger partial charge is 0.226 e. The summed E-state index contributed by atoms with van der Waals surface area (Å²) >= 11 is 5.99. The van der Waals surface area contributed by atoms with Crippen molar-refractivity contribution in [3.63, 3.8) is 0 Å². The first-order valence-corrected chi connectivity index (χ1v) is 7.24. The first-order chi connectivity index (χ1) is 9.97. The maximum atomic E-state index is 11.9. The van der Waals surface area contributed by atoms with E-state index in [1.165, 1.54) is 14.0 Å². The van der Waals surface area contributed by atoms with Gasteiger partial charge in [-0.15, -0.1) is 0 Å². The highest BCUT2D eigenvalue weighted by molar-refractivity contribution is 6.32. The van der Waals surface area contributed by atoms with E-state index >= 15 is 0 Å². The lowest BCUT2D eigenvalue weighted by Gasteiger charge is -2.19. The highest BCUT2D eigenvalue weighted by Gasteiger charge is 2.11. The maximum Gasteiger partial charge on any atom is 0.226 e. The minimum Gasteiger partial charge on any atom is -0.495 e. The van der Waals surface area contributed by atoms with Gasteiger partial charge in [-0.3, -0.25) is 9.59 Å². The summed E-state index contributed by atoms with van der Waals surface area (Å²) in [6, 6.07) is 5.04. The Morgan fingerprint density at radius 3 is 2.57 bits per heavy atom. The number of methoxy groups -OCH3 is 1. The van der Waals surface area contributed by atoms with E-state index in [1.807, 2.05) is 6.92 Å². The average molecular weight is 313 g/mol. The molecule has 1 aromatic rings. The molecule has 0 atom stereocenters. The lowest BCUT2D eigenvalue weighted by molar-refractivity contribution is -0.129. The molecule has 0 heterocycles. The lowest BCUT2D eigenvalue weighted by atomic mass is 10.2. The van der Waals surface area contributed by atoms with Gasteiger partial charge in [-0.1, -0.05) is 18.5 Å². The van der Waals surface area contributed by atoms with Crippen molar-refractivity contribution in [3.05, 3.63) is 23.2 Å². The number of amides is 2. The van der Waals surface area contributed by atoms with Gasteiger partial charge in [0.25, 0.3) is 0 Å². The van der Waals surface area contributed by atoms with E-state index < -0.39 is 0 Å². The molecule has 21 heavy (non-hydrogen) atoms. The second-order valence-electron chi connectivity index (χ2n) is 4.65. The molecule has 0 saturated heterocycles. The first-order valence-electron chi connectivity index (χ1n) is 6.86. The van der Waals surface area contributed by atoms with E-state index in [0.717, 1.165) is 6.42 Å². The average Bonchev–Trinajstić information content (AvgIpc) is 2.43. The summed E-state index contributed by atoms with van der Waals surface area (Å²) in [6.45, 7) is 4.59. The standard InChI is InChI=1S/C15H21ClN2O3/c1-4-8-18(11(2)19)9-7-15(20)17-12-5-6-14(21-3)13(16)10-12/h5-6,10H,4,7-9H2,1-3H3,(H,17,20). The van der Waals surface area contributed by atoms with Crippen molar-refractivity contribution >= 4 is 29.1 Å². The Labute approximate surface area is 130 Å². The molecule has 1 N–H and O–H groups in total. The van der Waals surface area contributed by atoms with E-state index in [4.69, 9.17) is 16.3 Å². The minimum atomic E-state index is -0.154. The SMILES string of the molecule is CCCN(CCC(=O)Nc1ccc(OC)c(Cl)c1)C(C)=O. The molecule has 0 aliphatic carbocycles. The largest absolute Gasteiger partial charge is 0.495 e. The van der Waals surface area contributed by atoms with Gasteiger partial charge in [0.1, 0.15) is 5.75 Å². The molecule has 0 radical (unpaired) electrons. The van der Waals surface area contributed by atoms with Crippen LogP contribution in [0.2, 0.25) is 5.02 Å². The normalized spacial score (nSPS) is 10.1. The van der Waals surface area contributed by atoms with Crippen LogP contribution in [0.3, 0.4) is 0 Å². The van der Waals surface area contributed by atoms with Crippen molar-refractivity contribution in [1.29, 1.82) is 0 Å². The second-order valence-corrected chi connectivity index (χ2v) is 5.06. The monoisotopic (exact) mass is 312 g/mol. The van der Waals surface area contributed by atoms with Gasteiger partial charge >= 0.3 is 0 Å². The van der Waals surface area contributed by atoms with Crippen molar-refractivity contribution in [1.82, 2.24) is 4.90 Å². The lowest BCUT2D eigenvalue weighted by Crippen LogP contribution is -2.32. The number of ether oxygens (including phenoxy) is 1. The second kappa shape index (κ2) is 8.52. The zero-order chi connectivity index (χ0) is 15.8. The Bertz CT molecular complexity index is 506. The van der Waals surface area contributed by atoms with Crippen LogP contribution in [-0.2, 0) is 9.59 Å². The van der Waals surface area contributed by atoms with Gasteiger partial charge in [-0.05, 0) is 24.6 Å². The number of hydrogen-bond acceptors (Lipinski definition) is 3. The van der Waals surface area contributed by atoms with Gasteiger partial charge in [0, 0.05) is 32.1 Å². The van der Waals surface area contributed by atoms with Crippen molar-refractivity contribution < 1.29 is 14.3 Å². The van der Waals surface area contributed by atoms with Gasteiger partial charge in [0.2, 0.25) is 11.8 Å². The number of halogens is 1. The maximum absolute atomic E-state index is 11.9. The molecule has 0 bridgehead atoms. The highest BCUT2D eigenvalue weighted by Crippen LogP contribution is 2.27. The summed E-state index contributed by atoms with van der Waals surface area (Å²) in [7, 11) is 1.53. The topological polar surface area (TPSA) is 58.6 Å². The van der Waals surface area contributed by atoms with Crippen molar-refractivity contribution in [2.45, 2.75) is 26.7 Å². The summed E-state index contributed by atoms with van der Waals surface area (Å²) in [5, 5.41) is 3.19. The zero-order valence-electron chi connectivity index (χ0n) is 12.6. The Hall–Kier alpha value is -1.75. The van der Waals surface area contributed by atoms with Crippen LogP contribution in [0.25, 0.3) is 0 Å². The number of nitrogens with one attached hydrogen (secondary N) is 1. The molecule has 5 nitrogen and oxygen atoms in total. The fraction of sp³-hybridized carbons (Fsp3) is 0.467. The van der Waals surface area contributed by atoms with Crippen LogP contribution in [0.1, 0.15) is 26.7 Å².